The number of ether oxygens (including phenoxy) is 1. The van der Waals surface area contributed by atoms with Gasteiger partial charge < -0.3 is 20.1 Å². The van der Waals surface area contributed by atoms with Crippen molar-refractivity contribution in [3.8, 4) is 11.5 Å². The van der Waals surface area contributed by atoms with Gasteiger partial charge in [0.15, 0.2) is 0 Å². The van der Waals surface area contributed by atoms with Gasteiger partial charge in [0.25, 0.3) is 0 Å². The number of hydrogen-bond acceptors (Lipinski definition) is 7. The fourth-order valence-corrected chi connectivity index (χ4v) is 4.30. The second-order valence-electron chi connectivity index (χ2n) is 7.62. The lowest BCUT2D eigenvalue weighted by molar-refractivity contribution is -0.151. The predicted octanol–water partition coefficient (Wildman–Crippen LogP) is 1.82. The van der Waals surface area contributed by atoms with Crippen LogP contribution in [-0.4, -0.2) is 44.2 Å². The Labute approximate surface area is 166 Å². The molecule has 1 aromatic carbocycles. The maximum atomic E-state index is 13.4. The highest BCUT2D eigenvalue weighted by atomic mass is 35.5. The summed E-state index contributed by atoms with van der Waals surface area (Å²) in [6.07, 6.45) is 1.77. The third kappa shape index (κ3) is 3.78. The third-order valence-corrected chi connectivity index (χ3v) is 5.60. The maximum absolute atomic E-state index is 13.4. The van der Waals surface area contributed by atoms with Gasteiger partial charge in [-0.1, -0.05) is 11.6 Å². The molecule has 0 amide bonds. The molecule has 150 valence electrons. The first-order chi connectivity index (χ1) is 13.3. The minimum atomic E-state index is -0.974. The summed E-state index contributed by atoms with van der Waals surface area (Å²) in [6.45, 7) is -0.0287. The lowest BCUT2D eigenvalue weighted by Crippen LogP contribution is -2.84. The van der Waals surface area contributed by atoms with E-state index in [2.05, 4.69) is 15.6 Å². The van der Waals surface area contributed by atoms with Crippen LogP contribution in [0.1, 0.15) is 31.2 Å². The molecule has 3 fully saturated rings. The van der Waals surface area contributed by atoms with E-state index >= 15 is 0 Å². The molecule has 9 heteroatoms. The highest BCUT2D eigenvalue weighted by Gasteiger charge is 2.68. The van der Waals surface area contributed by atoms with Crippen molar-refractivity contribution in [1.29, 1.82) is 0 Å². The molecule has 2 atom stereocenters. The summed E-state index contributed by atoms with van der Waals surface area (Å²) in [5.74, 6) is -0.237. The number of halogens is 2. The zero-order valence-corrected chi connectivity index (χ0v) is 15.7. The number of nitrogens with one attached hydrogen (secondary N) is 2. The van der Waals surface area contributed by atoms with Crippen molar-refractivity contribution in [1.82, 2.24) is 15.6 Å². The molecule has 3 saturated carbocycles. The Morgan fingerprint density at radius 3 is 2.54 bits per heavy atom. The Morgan fingerprint density at radius 1 is 1.14 bits per heavy atom. The topological polar surface area (TPSA) is 107 Å². The monoisotopic (exact) mass is 409 g/mol. The van der Waals surface area contributed by atoms with Crippen molar-refractivity contribution >= 4 is 11.6 Å². The summed E-state index contributed by atoms with van der Waals surface area (Å²) in [5, 5.41) is 36.2. The minimum absolute atomic E-state index is 0.0146. The van der Waals surface area contributed by atoms with Crippen LogP contribution in [0, 0.1) is 5.82 Å². The van der Waals surface area contributed by atoms with Gasteiger partial charge in [0.1, 0.15) is 36.4 Å². The molecule has 1 aromatic heterocycles. The first-order valence-electron chi connectivity index (χ1n) is 8.93. The maximum Gasteiger partial charge on any atom is 0.148 e. The Balaban J connectivity index is 1.23. The van der Waals surface area contributed by atoms with Crippen LogP contribution in [0.15, 0.2) is 36.5 Å². The molecule has 2 aromatic rings. The van der Waals surface area contributed by atoms with E-state index in [4.69, 9.17) is 16.3 Å². The number of rotatable bonds is 8. The molecule has 0 saturated heterocycles. The SMILES string of the molecule is Oc1ccnc(C(O)NC23CC(NC(O)COc4ccc(Cl)c(F)c4)(C2)C3)c1. The van der Waals surface area contributed by atoms with Gasteiger partial charge in [0.2, 0.25) is 0 Å². The number of aliphatic hydroxyl groups excluding tert-OH is 2. The molecule has 2 bridgehead atoms. The lowest BCUT2D eigenvalue weighted by atomic mass is 9.44. The average molecular weight is 410 g/mol. The highest BCUT2D eigenvalue weighted by molar-refractivity contribution is 6.30. The largest absolute Gasteiger partial charge is 0.508 e. The van der Waals surface area contributed by atoms with E-state index in [1.165, 1.54) is 36.5 Å². The fraction of sp³-hybridized carbons (Fsp3) is 0.421. The summed E-state index contributed by atoms with van der Waals surface area (Å²) in [6, 6.07) is 6.96. The van der Waals surface area contributed by atoms with Crippen LogP contribution >= 0.6 is 11.6 Å². The Hall–Kier alpha value is -1.97. The first kappa shape index (κ1) is 19.4. The van der Waals surface area contributed by atoms with E-state index in [0.717, 1.165) is 19.3 Å². The Bertz CT molecular complexity index is 864. The van der Waals surface area contributed by atoms with Crippen LogP contribution in [0.5, 0.6) is 11.5 Å². The molecule has 7 nitrogen and oxygen atoms in total. The summed E-state index contributed by atoms with van der Waals surface area (Å²) in [7, 11) is 0. The molecular formula is C19H21ClFN3O4. The zero-order chi connectivity index (χ0) is 19.9. The van der Waals surface area contributed by atoms with Crippen molar-refractivity contribution in [3.05, 3.63) is 53.1 Å². The number of hydrogen-bond donors (Lipinski definition) is 5. The molecule has 0 spiro atoms. The normalized spacial score (nSPS) is 27.4. The highest BCUT2D eigenvalue weighted by Crippen LogP contribution is 2.61. The van der Waals surface area contributed by atoms with Gasteiger partial charge in [-0.25, -0.2) is 4.39 Å². The molecule has 3 aliphatic rings. The van der Waals surface area contributed by atoms with Crippen molar-refractivity contribution in [3.63, 3.8) is 0 Å². The molecule has 0 aliphatic heterocycles. The molecular weight excluding hydrogens is 389 g/mol. The number of aliphatic hydroxyl groups is 2. The van der Waals surface area contributed by atoms with Crippen molar-refractivity contribution in [2.24, 2.45) is 0 Å². The van der Waals surface area contributed by atoms with Gasteiger partial charge in [0, 0.05) is 29.4 Å². The van der Waals surface area contributed by atoms with Gasteiger partial charge in [-0.15, -0.1) is 0 Å². The van der Waals surface area contributed by atoms with Crippen LogP contribution in [-0.2, 0) is 0 Å². The molecule has 28 heavy (non-hydrogen) atoms. The van der Waals surface area contributed by atoms with Crippen molar-refractivity contribution in [2.75, 3.05) is 6.61 Å². The number of pyridine rings is 1. The van der Waals surface area contributed by atoms with Gasteiger partial charge >= 0.3 is 0 Å². The molecule has 1 heterocycles. The van der Waals surface area contributed by atoms with Gasteiger partial charge in [-0.3, -0.25) is 15.6 Å². The van der Waals surface area contributed by atoms with E-state index in [-0.39, 0.29) is 28.5 Å². The van der Waals surface area contributed by atoms with Crippen molar-refractivity contribution in [2.45, 2.75) is 42.8 Å². The van der Waals surface area contributed by atoms with Gasteiger partial charge in [0.05, 0.1) is 10.7 Å². The summed E-state index contributed by atoms with van der Waals surface area (Å²) in [4.78, 5) is 4.05. The van der Waals surface area contributed by atoms with Crippen LogP contribution in [0.25, 0.3) is 0 Å². The fourth-order valence-electron chi connectivity index (χ4n) is 4.18. The number of aromatic nitrogens is 1. The Morgan fingerprint density at radius 2 is 1.86 bits per heavy atom. The molecule has 3 aliphatic carbocycles. The molecule has 0 radical (unpaired) electrons. The van der Waals surface area contributed by atoms with Crippen LogP contribution in [0.4, 0.5) is 4.39 Å². The molecule has 5 N–H and O–H groups in total. The lowest BCUT2D eigenvalue weighted by Gasteiger charge is -2.71. The van der Waals surface area contributed by atoms with Gasteiger partial charge in [-0.2, -0.15) is 0 Å². The van der Waals surface area contributed by atoms with Crippen LogP contribution < -0.4 is 15.4 Å². The van der Waals surface area contributed by atoms with Crippen molar-refractivity contribution < 1.29 is 24.4 Å². The van der Waals surface area contributed by atoms with Crippen LogP contribution in [0.3, 0.4) is 0 Å². The molecule has 2 unspecified atom stereocenters. The second kappa shape index (κ2) is 7.13. The number of aromatic hydroxyl groups is 1. The molecule has 5 rings (SSSR count). The summed E-state index contributed by atoms with van der Waals surface area (Å²) in [5.41, 5.74) is -0.0535. The van der Waals surface area contributed by atoms with E-state index in [1.807, 2.05) is 0 Å². The number of benzene rings is 1. The zero-order valence-electron chi connectivity index (χ0n) is 14.9. The first-order valence-corrected chi connectivity index (χ1v) is 9.30. The van der Waals surface area contributed by atoms with Gasteiger partial charge in [-0.05, 0) is 37.5 Å². The second-order valence-corrected chi connectivity index (χ2v) is 8.03. The summed E-state index contributed by atoms with van der Waals surface area (Å²) < 4.78 is 18.8. The smallest absolute Gasteiger partial charge is 0.148 e. The summed E-state index contributed by atoms with van der Waals surface area (Å²) >= 11 is 5.63. The average Bonchev–Trinajstić information content (AvgIpc) is 2.59. The van der Waals surface area contributed by atoms with Crippen LogP contribution in [0.2, 0.25) is 5.02 Å². The standard InChI is InChI=1S/C19H21ClFN3O4/c20-13-2-1-12(6-14(13)21)28-7-16(26)23-18-8-19(9-18,10-18)24-17(27)15-5-11(25)3-4-22-15/h1-6,16-17,23-24,26-27H,7-10H2,(H,22,25). The van der Waals surface area contributed by atoms with E-state index in [9.17, 15) is 19.7 Å². The van der Waals surface area contributed by atoms with E-state index in [0.29, 0.717) is 11.4 Å². The van der Waals surface area contributed by atoms with E-state index < -0.39 is 18.3 Å². The van der Waals surface area contributed by atoms with E-state index in [1.54, 1.807) is 0 Å². The third-order valence-electron chi connectivity index (χ3n) is 5.29. The minimum Gasteiger partial charge on any atom is -0.508 e. The predicted molar refractivity (Wildman–Crippen MR) is 99.4 cm³/mol. The quantitative estimate of drug-likeness (QED) is 0.423. The Kier molecular flexibility index (Phi) is 4.93. The number of nitrogens with zero attached hydrogens (tertiary/aromatic N) is 1.